The molecule has 6 nitrogen and oxygen atoms in total. The van der Waals surface area contributed by atoms with Crippen LogP contribution in [-0.4, -0.2) is 31.9 Å². The Balaban J connectivity index is 1.61. The van der Waals surface area contributed by atoms with Crippen LogP contribution < -0.4 is 5.32 Å². The summed E-state index contributed by atoms with van der Waals surface area (Å²) in [5.41, 5.74) is 2.29. The molecule has 8 heteroatoms. The molecule has 0 unspecified atom stereocenters. The van der Waals surface area contributed by atoms with E-state index in [2.05, 4.69) is 20.5 Å². The van der Waals surface area contributed by atoms with Crippen LogP contribution in [-0.2, 0) is 0 Å². The number of nitrogens with zero attached hydrogens (tertiary/aromatic N) is 4. The van der Waals surface area contributed by atoms with Crippen molar-refractivity contribution in [2.24, 2.45) is 0 Å². The lowest BCUT2D eigenvalue weighted by Crippen LogP contribution is -2.16. The van der Waals surface area contributed by atoms with Gasteiger partial charge in [-0.1, -0.05) is 71.6 Å². The van der Waals surface area contributed by atoms with Gasteiger partial charge in [0.15, 0.2) is 5.16 Å². The van der Waals surface area contributed by atoms with E-state index in [1.54, 1.807) is 6.20 Å². The van der Waals surface area contributed by atoms with Crippen molar-refractivity contribution in [3.8, 4) is 16.3 Å². The number of benzene rings is 2. The van der Waals surface area contributed by atoms with Crippen molar-refractivity contribution in [3.63, 3.8) is 0 Å². The molecular formula is C19H15N5OS2. The number of amides is 1. The molecule has 2 aromatic carbocycles. The quantitative estimate of drug-likeness (QED) is 0.510. The van der Waals surface area contributed by atoms with Gasteiger partial charge < -0.3 is 0 Å². The lowest BCUT2D eigenvalue weighted by molar-refractivity contribution is 0.102. The van der Waals surface area contributed by atoms with Crippen LogP contribution in [0.3, 0.4) is 0 Å². The first-order valence-electron chi connectivity index (χ1n) is 8.13. The number of imidazole rings is 1. The summed E-state index contributed by atoms with van der Waals surface area (Å²) in [5, 5.41) is 13.0. The second-order valence-electron chi connectivity index (χ2n) is 5.53. The summed E-state index contributed by atoms with van der Waals surface area (Å²) in [7, 11) is 0. The van der Waals surface area contributed by atoms with Gasteiger partial charge in [-0.3, -0.25) is 14.7 Å². The average molecular weight is 393 g/mol. The molecule has 0 saturated heterocycles. The molecule has 1 amide bonds. The van der Waals surface area contributed by atoms with Gasteiger partial charge in [-0.2, -0.15) is 0 Å². The minimum Gasteiger partial charge on any atom is -0.295 e. The molecule has 134 valence electrons. The molecule has 0 aliphatic carbocycles. The van der Waals surface area contributed by atoms with E-state index in [0.717, 1.165) is 21.4 Å². The smallest absolute Gasteiger partial charge is 0.276 e. The maximum absolute atomic E-state index is 12.8. The fourth-order valence-electron chi connectivity index (χ4n) is 2.60. The first-order valence-corrected chi connectivity index (χ1v) is 10.2. The van der Waals surface area contributed by atoms with Gasteiger partial charge in [0.2, 0.25) is 5.13 Å². The van der Waals surface area contributed by atoms with Gasteiger partial charge in [0, 0.05) is 11.3 Å². The fraction of sp³-hybridized carbons (Fsp3) is 0.0526. The molecule has 4 aromatic rings. The second-order valence-corrected chi connectivity index (χ2v) is 7.28. The number of aromatic nitrogens is 4. The molecule has 0 bridgehead atoms. The average Bonchev–Trinajstić information content (AvgIpc) is 3.36. The molecule has 0 radical (unpaired) electrons. The number of hydrogen-bond acceptors (Lipinski definition) is 6. The predicted octanol–water partition coefficient (Wildman–Crippen LogP) is 4.37. The highest BCUT2D eigenvalue weighted by atomic mass is 32.2. The second kappa shape index (κ2) is 7.73. The van der Waals surface area contributed by atoms with Crippen molar-refractivity contribution in [1.82, 2.24) is 19.7 Å². The molecule has 0 spiro atoms. The molecule has 0 aliphatic rings. The molecule has 4 rings (SSSR count). The lowest BCUT2D eigenvalue weighted by atomic mass is 10.2. The summed E-state index contributed by atoms with van der Waals surface area (Å²) >= 11 is 2.82. The van der Waals surface area contributed by atoms with E-state index in [1.807, 2.05) is 71.5 Å². The van der Waals surface area contributed by atoms with Crippen LogP contribution in [0.1, 0.15) is 10.5 Å². The van der Waals surface area contributed by atoms with E-state index >= 15 is 0 Å². The Kier molecular flexibility index (Phi) is 4.99. The first kappa shape index (κ1) is 17.4. The Morgan fingerprint density at radius 2 is 1.74 bits per heavy atom. The van der Waals surface area contributed by atoms with E-state index in [4.69, 9.17) is 0 Å². The zero-order chi connectivity index (χ0) is 18.6. The number of nitrogens with one attached hydrogen (secondary N) is 1. The van der Waals surface area contributed by atoms with Crippen LogP contribution in [0.25, 0.3) is 16.3 Å². The Morgan fingerprint density at radius 3 is 2.44 bits per heavy atom. The van der Waals surface area contributed by atoms with E-state index in [1.165, 1.54) is 23.1 Å². The van der Waals surface area contributed by atoms with Gasteiger partial charge in [0.25, 0.3) is 5.91 Å². The molecule has 27 heavy (non-hydrogen) atoms. The third kappa shape index (κ3) is 3.62. The van der Waals surface area contributed by atoms with Crippen molar-refractivity contribution in [2.45, 2.75) is 5.16 Å². The van der Waals surface area contributed by atoms with Crippen molar-refractivity contribution >= 4 is 34.1 Å². The SMILES string of the molecule is CSc1ncc(C(=O)Nc2nnc(-c3ccccc3)s2)n1-c1ccccc1. The fourth-order valence-corrected chi connectivity index (χ4v) is 3.89. The largest absolute Gasteiger partial charge is 0.295 e. The van der Waals surface area contributed by atoms with E-state index in [9.17, 15) is 4.79 Å². The molecular weight excluding hydrogens is 378 g/mol. The van der Waals surface area contributed by atoms with Crippen LogP contribution in [0.5, 0.6) is 0 Å². The Hall–Kier alpha value is -2.97. The Labute approximate surface area is 164 Å². The zero-order valence-electron chi connectivity index (χ0n) is 14.4. The van der Waals surface area contributed by atoms with E-state index in [0.29, 0.717) is 10.8 Å². The van der Waals surface area contributed by atoms with Crippen molar-refractivity contribution in [3.05, 3.63) is 72.6 Å². The third-order valence-electron chi connectivity index (χ3n) is 3.83. The monoisotopic (exact) mass is 393 g/mol. The summed E-state index contributed by atoms with van der Waals surface area (Å²) in [6, 6.07) is 19.4. The summed E-state index contributed by atoms with van der Waals surface area (Å²) in [6.45, 7) is 0. The van der Waals surface area contributed by atoms with Crippen LogP contribution >= 0.6 is 23.1 Å². The Morgan fingerprint density at radius 1 is 1.04 bits per heavy atom. The highest BCUT2D eigenvalue weighted by Crippen LogP contribution is 2.27. The maximum Gasteiger partial charge on any atom is 0.276 e. The maximum atomic E-state index is 12.8. The van der Waals surface area contributed by atoms with Gasteiger partial charge in [0.05, 0.1) is 6.20 Å². The lowest BCUT2D eigenvalue weighted by Gasteiger charge is -2.10. The standard InChI is InChI=1S/C19H15N5OS2/c1-26-19-20-12-15(24(19)14-10-6-3-7-11-14)16(25)21-18-23-22-17(27-18)13-8-4-2-5-9-13/h2-12H,1H3,(H,21,23,25). The van der Waals surface area contributed by atoms with Gasteiger partial charge in [-0.25, -0.2) is 4.98 Å². The topological polar surface area (TPSA) is 72.7 Å². The molecule has 0 aliphatic heterocycles. The van der Waals surface area contributed by atoms with Gasteiger partial charge in [0.1, 0.15) is 10.7 Å². The summed E-state index contributed by atoms with van der Waals surface area (Å²) < 4.78 is 1.83. The number of thioether (sulfide) groups is 1. The minimum atomic E-state index is -0.276. The first-order chi connectivity index (χ1) is 13.3. The number of rotatable bonds is 5. The van der Waals surface area contributed by atoms with Crippen molar-refractivity contribution in [2.75, 3.05) is 11.6 Å². The molecule has 2 aromatic heterocycles. The number of para-hydroxylation sites is 1. The van der Waals surface area contributed by atoms with E-state index < -0.39 is 0 Å². The highest BCUT2D eigenvalue weighted by Gasteiger charge is 2.19. The Bertz CT molecular complexity index is 1060. The van der Waals surface area contributed by atoms with Crippen LogP contribution in [0, 0.1) is 0 Å². The number of anilines is 1. The van der Waals surface area contributed by atoms with Crippen LogP contribution in [0.4, 0.5) is 5.13 Å². The van der Waals surface area contributed by atoms with Crippen LogP contribution in [0.15, 0.2) is 72.0 Å². The van der Waals surface area contributed by atoms with Crippen LogP contribution in [0.2, 0.25) is 0 Å². The number of carbonyl (C=O) groups is 1. The molecule has 0 saturated carbocycles. The van der Waals surface area contributed by atoms with Gasteiger partial charge >= 0.3 is 0 Å². The number of hydrogen-bond donors (Lipinski definition) is 1. The zero-order valence-corrected chi connectivity index (χ0v) is 16.0. The molecule has 1 N–H and O–H groups in total. The summed E-state index contributed by atoms with van der Waals surface area (Å²) in [5.74, 6) is -0.276. The normalized spacial score (nSPS) is 10.7. The van der Waals surface area contributed by atoms with Crippen molar-refractivity contribution < 1.29 is 4.79 Å². The highest BCUT2D eigenvalue weighted by molar-refractivity contribution is 7.98. The predicted molar refractivity (Wildman–Crippen MR) is 109 cm³/mol. The van der Waals surface area contributed by atoms with Crippen molar-refractivity contribution in [1.29, 1.82) is 0 Å². The van der Waals surface area contributed by atoms with Gasteiger partial charge in [-0.05, 0) is 18.4 Å². The van der Waals surface area contributed by atoms with Gasteiger partial charge in [-0.15, -0.1) is 10.2 Å². The number of carbonyl (C=O) groups excluding carboxylic acids is 1. The summed E-state index contributed by atoms with van der Waals surface area (Å²) in [4.78, 5) is 17.2. The van der Waals surface area contributed by atoms with E-state index in [-0.39, 0.29) is 5.91 Å². The molecule has 0 atom stereocenters. The molecule has 2 heterocycles. The minimum absolute atomic E-state index is 0.276. The summed E-state index contributed by atoms with van der Waals surface area (Å²) in [6.07, 6.45) is 3.51. The molecule has 0 fully saturated rings. The third-order valence-corrected chi connectivity index (χ3v) is 5.37.